The highest BCUT2D eigenvalue weighted by molar-refractivity contribution is 9.10. The van der Waals surface area contributed by atoms with Gasteiger partial charge in [0.25, 0.3) is 0 Å². The SMILES string of the molecule is Fc1ccc(CNCc2ncc(-c3ccc(Br)cc3)s2)cc1. The van der Waals surface area contributed by atoms with Crippen molar-refractivity contribution in [3.05, 3.63) is 75.6 Å². The number of thiazole rings is 1. The molecule has 0 bridgehead atoms. The molecular formula is C17H14BrFN2S. The lowest BCUT2D eigenvalue weighted by Gasteiger charge is -2.02. The van der Waals surface area contributed by atoms with Crippen LogP contribution in [0, 0.1) is 5.82 Å². The maximum atomic E-state index is 12.8. The molecular weight excluding hydrogens is 363 g/mol. The van der Waals surface area contributed by atoms with Crippen molar-refractivity contribution in [2.24, 2.45) is 0 Å². The van der Waals surface area contributed by atoms with Crippen LogP contribution in [0.15, 0.2) is 59.2 Å². The van der Waals surface area contributed by atoms with Crippen LogP contribution in [-0.2, 0) is 13.1 Å². The number of rotatable bonds is 5. The van der Waals surface area contributed by atoms with Crippen LogP contribution in [0.3, 0.4) is 0 Å². The first-order valence-electron chi connectivity index (χ1n) is 6.86. The standard InChI is InChI=1S/C17H14BrFN2S/c18-14-5-3-13(4-6-14)16-10-21-17(22-16)11-20-9-12-1-7-15(19)8-2-12/h1-8,10,20H,9,11H2. The zero-order valence-electron chi connectivity index (χ0n) is 11.7. The van der Waals surface area contributed by atoms with Crippen molar-refractivity contribution in [1.29, 1.82) is 0 Å². The minimum Gasteiger partial charge on any atom is -0.306 e. The molecule has 0 unspecified atom stereocenters. The van der Waals surface area contributed by atoms with Crippen LogP contribution in [0.1, 0.15) is 10.6 Å². The Hall–Kier alpha value is -1.56. The number of nitrogens with one attached hydrogen (secondary N) is 1. The zero-order valence-corrected chi connectivity index (χ0v) is 14.1. The van der Waals surface area contributed by atoms with E-state index in [1.807, 2.05) is 18.3 Å². The second-order valence-electron chi connectivity index (χ2n) is 4.86. The summed E-state index contributed by atoms with van der Waals surface area (Å²) >= 11 is 5.12. The molecule has 3 aromatic rings. The largest absolute Gasteiger partial charge is 0.306 e. The summed E-state index contributed by atoms with van der Waals surface area (Å²) in [6.07, 6.45) is 1.91. The molecule has 0 aliphatic carbocycles. The van der Waals surface area contributed by atoms with Crippen LogP contribution in [-0.4, -0.2) is 4.98 Å². The third-order valence-corrected chi connectivity index (χ3v) is 4.78. The first kappa shape index (κ1) is 15.3. The predicted octanol–water partition coefficient (Wildman–Crippen LogP) is 5.00. The molecule has 5 heteroatoms. The molecule has 0 saturated heterocycles. The van der Waals surface area contributed by atoms with Crippen molar-refractivity contribution in [2.45, 2.75) is 13.1 Å². The fourth-order valence-electron chi connectivity index (χ4n) is 2.06. The van der Waals surface area contributed by atoms with E-state index in [0.717, 1.165) is 19.9 Å². The number of benzene rings is 2. The maximum Gasteiger partial charge on any atom is 0.123 e. The third kappa shape index (κ3) is 4.00. The van der Waals surface area contributed by atoms with Gasteiger partial charge in [-0.2, -0.15) is 0 Å². The normalized spacial score (nSPS) is 10.8. The molecule has 1 aromatic heterocycles. The third-order valence-electron chi connectivity index (χ3n) is 3.20. The molecule has 0 amide bonds. The smallest absolute Gasteiger partial charge is 0.123 e. The summed E-state index contributed by atoms with van der Waals surface area (Å²) in [6.45, 7) is 1.41. The highest BCUT2D eigenvalue weighted by Gasteiger charge is 2.04. The van der Waals surface area contributed by atoms with E-state index in [4.69, 9.17) is 0 Å². The summed E-state index contributed by atoms with van der Waals surface area (Å²) < 4.78 is 13.9. The van der Waals surface area contributed by atoms with Crippen LogP contribution >= 0.6 is 27.3 Å². The second kappa shape index (κ2) is 7.13. The van der Waals surface area contributed by atoms with E-state index in [1.54, 1.807) is 23.5 Å². The molecule has 0 aliphatic heterocycles. The first-order valence-corrected chi connectivity index (χ1v) is 8.47. The summed E-state index contributed by atoms with van der Waals surface area (Å²) in [4.78, 5) is 5.60. The van der Waals surface area contributed by atoms with E-state index >= 15 is 0 Å². The van der Waals surface area contributed by atoms with Gasteiger partial charge in [0.2, 0.25) is 0 Å². The van der Waals surface area contributed by atoms with E-state index in [0.29, 0.717) is 13.1 Å². The van der Waals surface area contributed by atoms with Gasteiger partial charge >= 0.3 is 0 Å². The molecule has 112 valence electrons. The number of aromatic nitrogens is 1. The van der Waals surface area contributed by atoms with Gasteiger partial charge in [-0.25, -0.2) is 9.37 Å². The van der Waals surface area contributed by atoms with Gasteiger partial charge in [-0.3, -0.25) is 0 Å². The van der Waals surface area contributed by atoms with Crippen molar-refractivity contribution in [1.82, 2.24) is 10.3 Å². The minimum absolute atomic E-state index is 0.206. The van der Waals surface area contributed by atoms with E-state index in [-0.39, 0.29) is 5.82 Å². The highest BCUT2D eigenvalue weighted by atomic mass is 79.9. The first-order chi connectivity index (χ1) is 10.7. The van der Waals surface area contributed by atoms with Gasteiger partial charge in [-0.05, 0) is 35.4 Å². The minimum atomic E-state index is -0.206. The lowest BCUT2D eigenvalue weighted by molar-refractivity contribution is 0.625. The van der Waals surface area contributed by atoms with E-state index in [1.165, 1.54) is 17.7 Å². The topological polar surface area (TPSA) is 24.9 Å². The Morgan fingerprint density at radius 3 is 2.45 bits per heavy atom. The summed E-state index contributed by atoms with van der Waals surface area (Å²) in [5.41, 5.74) is 2.23. The van der Waals surface area contributed by atoms with E-state index in [9.17, 15) is 4.39 Å². The monoisotopic (exact) mass is 376 g/mol. The molecule has 0 fully saturated rings. The summed E-state index contributed by atoms with van der Waals surface area (Å²) in [6, 6.07) is 14.7. The van der Waals surface area contributed by atoms with Crippen LogP contribution < -0.4 is 5.32 Å². The molecule has 1 heterocycles. The molecule has 0 atom stereocenters. The molecule has 0 radical (unpaired) electrons. The van der Waals surface area contributed by atoms with Crippen molar-refractivity contribution in [3.8, 4) is 10.4 Å². The Labute approximate surface area is 141 Å². The molecule has 3 rings (SSSR count). The number of hydrogen-bond donors (Lipinski definition) is 1. The van der Waals surface area contributed by atoms with Gasteiger partial charge < -0.3 is 5.32 Å². The van der Waals surface area contributed by atoms with Crippen LogP contribution in [0.2, 0.25) is 0 Å². The van der Waals surface area contributed by atoms with Crippen molar-refractivity contribution in [2.75, 3.05) is 0 Å². The molecule has 0 spiro atoms. The van der Waals surface area contributed by atoms with Gasteiger partial charge in [0.15, 0.2) is 0 Å². The quantitative estimate of drug-likeness (QED) is 0.677. The Morgan fingerprint density at radius 1 is 1.00 bits per heavy atom. The number of hydrogen-bond acceptors (Lipinski definition) is 3. The zero-order chi connectivity index (χ0) is 15.4. The molecule has 2 nitrogen and oxygen atoms in total. The molecule has 2 aromatic carbocycles. The number of halogens is 2. The Balaban J connectivity index is 1.57. The Bertz CT molecular complexity index is 738. The second-order valence-corrected chi connectivity index (χ2v) is 6.89. The van der Waals surface area contributed by atoms with E-state index < -0.39 is 0 Å². The average Bonchev–Trinajstić information content (AvgIpc) is 2.99. The Kier molecular flexibility index (Phi) is 4.97. The Morgan fingerprint density at radius 2 is 1.73 bits per heavy atom. The fourth-order valence-corrected chi connectivity index (χ4v) is 3.21. The van der Waals surface area contributed by atoms with E-state index in [2.05, 4.69) is 38.4 Å². The van der Waals surface area contributed by atoms with Crippen LogP contribution in [0.25, 0.3) is 10.4 Å². The van der Waals surface area contributed by atoms with Gasteiger partial charge in [0.1, 0.15) is 10.8 Å². The predicted molar refractivity (Wildman–Crippen MR) is 92.2 cm³/mol. The fraction of sp³-hybridized carbons (Fsp3) is 0.118. The lowest BCUT2D eigenvalue weighted by Crippen LogP contribution is -2.12. The molecule has 1 N–H and O–H groups in total. The molecule has 0 aliphatic rings. The van der Waals surface area contributed by atoms with Gasteiger partial charge in [0, 0.05) is 23.8 Å². The van der Waals surface area contributed by atoms with Gasteiger partial charge in [-0.15, -0.1) is 11.3 Å². The van der Waals surface area contributed by atoms with Crippen molar-refractivity contribution < 1.29 is 4.39 Å². The van der Waals surface area contributed by atoms with Gasteiger partial charge in [-0.1, -0.05) is 40.2 Å². The highest BCUT2D eigenvalue weighted by Crippen LogP contribution is 2.27. The van der Waals surface area contributed by atoms with Crippen molar-refractivity contribution in [3.63, 3.8) is 0 Å². The van der Waals surface area contributed by atoms with Gasteiger partial charge in [0.05, 0.1) is 4.88 Å². The van der Waals surface area contributed by atoms with Crippen LogP contribution in [0.5, 0.6) is 0 Å². The summed E-state index contributed by atoms with van der Waals surface area (Å²) in [5, 5.41) is 4.37. The summed E-state index contributed by atoms with van der Waals surface area (Å²) in [7, 11) is 0. The lowest BCUT2D eigenvalue weighted by atomic mass is 10.2. The average molecular weight is 377 g/mol. The maximum absolute atomic E-state index is 12.8. The van der Waals surface area contributed by atoms with Crippen molar-refractivity contribution >= 4 is 27.3 Å². The summed E-state index contributed by atoms with van der Waals surface area (Å²) in [5.74, 6) is -0.206. The van der Waals surface area contributed by atoms with Crippen LogP contribution in [0.4, 0.5) is 4.39 Å². The molecule has 0 saturated carbocycles. The molecule has 22 heavy (non-hydrogen) atoms. The number of nitrogens with zero attached hydrogens (tertiary/aromatic N) is 1.